The van der Waals surface area contributed by atoms with Crippen molar-refractivity contribution in [2.24, 2.45) is 34.4 Å². The van der Waals surface area contributed by atoms with Gasteiger partial charge in [-0.05, 0) is 36.5 Å². The predicted octanol–water partition coefficient (Wildman–Crippen LogP) is 1.67. The maximum atomic E-state index is 5.77. The van der Waals surface area contributed by atoms with Gasteiger partial charge in [0, 0.05) is 26.7 Å². The van der Waals surface area contributed by atoms with Crippen LogP contribution in [0.15, 0.2) is 4.99 Å². The van der Waals surface area contributed by atoms with Crippen LogP contribution in [0.1, 0.15) is 26.2 Å². The van der Waals surface area contributed by atoms with Crippen LogP contribution in [0.2, 0.25) is 0 Å². The van der Waals surface area contributed by atoms with E-state index in [0.29, 0.717) is 0 Å². The van der Waals surface area contributed by atoms with Gasteiger partial charge in [0.05, 0.1) is 5.84 Å². The van der Waals surface area contributed by atoms with Crippen molar-refractivity contribution in [3.8, 4) is 0 Å². The molecular weight excluding hydrogens is 188 g/mol. The third kappa shape index (κ3) is 2.51. The molecule has 4 unspecified atom stereocenters. The summed E-state index contributed by atoms with van der Waals surface area (Å²) < 4.78 is 5.48. The van der Waals surface area contributed by atoms with Crippen LogP contribution >= 0.6 is 0 Å². The second-order valence-electron chi connectivity index (χ2n) is 5.08. The van der Waals surface area contributed by atoms with E-state index in [1.807, 2.05) is 0 Å². The molecule has 0 radical (unpaired) electrons. The first-order valence-corrected chi connectivity index (χ1v) is 6.01. The van der Waals surface area contributed by atoms with E-state index in [0.717, 1.165) is 49.1 Å². The monoisotopic (exact) mass is 210 g/mol. The molecule has 15 heavy (non-hydrogen) atoms. The molecule has 0 amide bonds. The third-order valence-electron chi connectivity index (χ3n) is 3.99. The summed E-state index contributed by atoms with van der Waals surface area (Å²) in [5.41, 5.74) is 5.77. The highest BCUT2D eigenvalue weighted by Gasteiger charge is 2.45. The fraction of sp³-hybridized carbons (Fsp3) is 0.917. The van der Waals surface area contributed by atoms with Gasteiger partial charge in [0.1, 0.15) is 0 Å². The molecule has 0 aromatic rings. The zero-order valence-electron chi connectivity index (χ0n) is 9.78. The number of rotatable bonds is 3. The van der Waals surface area contributed by atoms with Gasteiger partial charge in [-0.1, -0.05) is 6.92 Å². The lowest BCUT2D eigenvalue weighted by molar-refractivity contribution is 0.0152. The highest BCUT2D eigenvalue weighted by Crippen LogP contribution is 2.50. The zero-order valence-corrected chi connectivity index (χ0v) is 9.78. The van der Waals surface area contributed by atoms with E-state index in [-0.39, 0.29) is 0 Å². The Bertz CT molecular complexity index is 252. The van der Waals surface area contributed by atoms with Crippen LogP contribution in [0.3, 0.4) is 0 Å². The van der Waals surface area contributed by atoms with Gasteiger partial charge in [-0.3, -0.25) is 4.99 Å². The van der Waals surface area contributed by atoms with Crippen LogP contribution < -0.4 is 5.73 Å². The molecule has 1 saturated carbocycles. The summed E-state index contributed by atoms with van der Waals surface area (Å²) in [6, 6.07) is 0. The minimum absolute atomic E-state index is 0.730. The minimum atomic E-state index is 0.730. The van der Waals surface area contributed by atoms with Crippen LogP contribution in [-0.2, 0) is 4.74 Å². The molecule has 0 aromatic carbocycles. The SMILES string of the molecule is CN=C(N)CC1CC1C1CCOCC1C. The maximum Gasteiger partial charge on any atom is 0.0936 e. The van der Waals surface area contributed by atoms with E-state index in [1.165, 1.54) is 12.8 Å². The van der Waals surface area contributed by atoms with Gasteiger partial charge >= 0.3 is 0 Å². The standard InChI is InChI=1S/C12H22N2O/c1-8-7-15-4-3-10(8)11-5-9(11)6-12(13)14-2/h8-11H,3-7H2,1-2H3,(H2,13,14). The molecule has 86 valence electrons. The van der Waals surface area contributed by atoms with Crippen LogP contribution in [-0.4, -0.2) is 26.1 Å². The molecule has 3 nitrogen and oxygen atoms in total. The number of amidine groups is 1. The predicted molar refractivity (Wildman–Crippen MR) is 61.9 cm³/mol. The Balaban J connectivity index is 1.82. The molecule has 2 N–H and O–H groups in total. The second-order valence-corrected chi connectivity index (χ2v) is 5.08. The molecule has 0 spiro atoms. The maximum absolute atomic E-state index is 5.77. The molecule has 1 aliphatic heterocycles. The van der Waals surface area contributed by atoms with Crippen LogP contribution in [0, 0.1) is 23.7 Å². The summed E-state index contributed by atoms with van der Waals surface area (Å²) in [7, 11) is 1.78. The van der Waals surface area contributed by atoms with Gasteiger partial charge in [-0.2, -0.15) is 0 Å². The van der Waals surface area contributed by atoms with Crippen LogP contribution in [0.5, 0.6) is 0 Å². The Morgan fingerprint density at radius 1 is 1.47 bits per heavy atom. The van der Waals surface area contributed by atoms with Crippen molar-refractivity contribution in [3.63, 3.8) is 0 Å². The Labute approximate surface area is 92.1 Å². The van der Waals surface area contributed by atoms with Crippen LogP contribution in [0.4, 0.5) is 0 Å². The normalized spacial score (nSPS) is 41.6. The summed E-state index contributed by atoms with van der Waals surface area (Å²) >= 11 is 0. The Kier molecular flexibility index (Phi) is 3.29. The first-order chi connectivity index (χ1) is 7.22. The highest BCUT2D eigenvalue weighted by molar-refractivity contribution is 5.80. The molecule has 3 heteroatoms. The molecule has 1 aliphatic carbocycles. The topological polar surface area (TPSA) is 47.6 Å². The summed E-state index contributed by atoms with van der Waals surface area (Å²) in [4.78, 5) is 4.04. The van der Waals surface area contributed by atoms with Crippen molar-refractivity contribution < 1.29 is 4.74 Å². The van der Waals surface area contributed by atoms with Crippen molar-refractivity contribution in [1.29, 1.82) is 0 Å². The Morgan fingerprint density at radius 3 is 2.93 bits per heavy atom. The first kappa shape index (κ1) is 10.9. The molecule has 2 rings (SSSR count). The number of hydrogen-bond acceptors (Lipinski definition) is 2. The lowest BCUT2D eigenvalue weighted by atomic mass is 9.84. The lowest BCUT2D eigenvalue weighted by Gasteiger charge is -2.29. The van der Waals surface area contributed by atoms with Crippen molar-refractivity contribution in [1.82, 2.24) is 0 Å². The van der Waals surface area contributed by atoms with E-state index >= 15 is 0 Å². The van der Waals surface area contributed by atoms with E-state index < -0.39 is 0 Å². The van der Waals surface area contributed by atoms with Crippen molar-refractivity contribution in [3.05, 3.63) is 0 Å². The van der Waals surface area contributed by atoms with Crippen molar-refractivity contribution >= 4 is 5.84 Å². The second kappa shape index (κ2) is 4.52. The number of ether oxygens (including phenoxy) is 1. The van der Waals surface area contributed by atoms with Gasteiger partial charge in [-0.25, -0.2) is 0 Å². The fourth-order valence-electron chi connectivity index (χ4n) is 2.92. The molecule has 4 atom stereocenters. The largest absolute Gasteiger partial charge is 0.387 e. The average Bonchev–Trinajstić information content (AvgIpc) is 2.97. The molecule has 2 fully saturated rings. The first-order valence-electron chi connectivity index (χ1n) is 6.01. The lowest BCUT2D eigenvalue weighted by Crippen LogP contribution is -2.27. The summed E-state index contributed by atoms with van der Waals surface area (Å²) in [6.07, 6.45) is 3.60. The van der Waals surface area contributed by atoms with Gasteiger partial charge in [-0.15, -0.1) is 0 Å². The van der Waals surface area contributed by atoms with Crippen molar-refractivity contribution in [2.75, 3.05) is 20.3 Å². The fourth-order valence-corrected chi connectivity index (χ4v) is 2.92. The molecular formula is C12H22N2O. The quantitative estimate of drug-likeness (QED) is 0.569. The molecule has 0 aromatic heterocycles. The number of nitrogens with two attached hydrogens (primary N) is 1. The molecule has 1 saturated heterocycles. The molecule has 0 bridgehead atoms. The van der Waals surface area contributed by atoms with E-state index in [2.05, 4.69) is 11.9 Å². The van der Waals surface area contributed by atoms with Gasteiger partial charge in [0.2, 0.25) is 0 Å². The Hall–Kier alpha value is -0.570. The number of aliphatic imine (C=N–C) groups is 1. The van der Waals surface area contributed by atoms with Crippen molar-refractivity contribution in [2.45, 2.75) is 26.2 Å². The third-order valence-corrected chi connectivity index (χ3v) is 3.99. The highest BCUT2D eigenvalue weighted by atomic mass is 16.5. The summed E-state index contributed by atoms with van der Waals surface area (Å²) in [5.74, 6) is 4.12. The summed E-state index contributed by atoms with van der Waals surface area (Å²) in [6.45, 7) is 4.22. The average molecular weight is 210 g/mol. The van der Waals surface area contributed by atoms with Gasteiger partial charge in [0.15, 0.2) is 0 Å². The molecule has 1 heterocycles. The minimum Gasteiger partial charge on any atom is -0.387 e. The Morgan fingerprint density at radius 2 is 2.27 bits per heavy atom. The van der Waals surface area contributed by atoms with E-state index in [4.69, 9.17) is 10.5 Å². The van der Waals surface area contributed by atoms with Crippen LogP contribution in [0.25, 0.3) is 0 Å². The van der Waals surface area contributed by atoms with E-state index in [1.54, 1.807) is 7.05 Å². The smallest absolute Gasteiger partial charge is 0.0936 e. The number of hydrogen-bond donors (Lipinski definition) is 1. The van der Waals surface area contributed by atoms with Gasteiger partial charge in [0.25, 0.3) is 0 Å². The van der Waals surface area contributed by atoms with Gasteiger partial charge < -0.3 is 10.5 Å². The molecule has 2 aliphatic rings. The summed E-state index contributed by atoms with van der Waals surface area (Å²) in [5, 5.41) is 0. The zero-order chi connectivity index (χ0) is 10.8. The number of nitrogens with zero attached hydrogens (tertiary/aromatic N) is 1. The van der Waals surface area contributed by atoms with E-state index in [9.17, 15) is 0 Å².